The Balaban J connectivity index is 1.05. The molecule has 0 saturated heterocycles. The second-order valence-corrected chi connectivity index (χ2v) is 20.2. The smallest absolute Gasteiger partial charge is 0.0566 e. The molecule has 10 aromatic carbocycles. The second kappa shape index (κ2) is 20.9. The molecule has 0 radical (unpaired) electrons. The molecule has 0 aliphatic heterocycles. The summed E-state index contributed by atoms with van der Waals surface area (Å²) in [6, 6.07) is 91.2. The van der Waals surface area contributed by atoms with Gasteiger partial charge in [0.25, 0.3) is 0 Å². The van der Waals surface area contributed by atoms with Gasteiger partial charge in [-0.25, -0.2) is 0 Å². The van der Waals surface area contributed by atoms with E-state index in [4.69, 9.17) is 0 Å². The lowest BCUT2D eigenvalue weighted by Crippen LogP contribution is -2.41. The zero-order valence-corrected chi connectivity index (χ0v) is 42.5. The lowest BCUT2D eigenvalue weighted by atomic mass is 9.80. The molecule has 0 bridgehead atoms. The van der Waals surface area contributed by atoms with Crippen LogP contribution in [-0.2, 0) is 0 Å². The molecular weight excluding hydrogens is 917 g/mol. The van der Waals surface area contributed by atoms with Crippen molar-refractivity contribution in [2.75, 3.05) is 9.80 Å². The lowest BCUT2D eigenvalue weighted by Gasteiger charge is -2.35. The van der Waals surface area contributed by atoms with Crippen molar-refractivity contribution in [2.45, 2.75) is 37.3 Å². The Morgan fingerprint density at radius 3 is 1.53 bits per heavy atom. The van der Waals surface area contributed by atoms with Gasteiger partial charge in [0.2, 0.25) is 0 Å². The summed E-state index contributed by atoms with van der Waals surface area (Å²) in [4.78, 5) is 5.11. The molecule has 76 heavy (non-hydrogen) atoms. The maximum atomic E-state index is 2.61. The average Bonchev–Trinajstić information content (AvgIpc) is 3.61. The van der Waals surface area contributed by atoms with Crippen LogP contribution >= 0.6 is 0 Å². The van der Waals surface area contributed by atoms with E-state index in [0.29, 0.717) is 0 Å². The van der Waals surface area contributed by atoms with Crippen molar-refractivity contribution in [1.29, 1.82) is 0 Å². The molecule has 0 heterocycles. The minimum atomic E-state index is 0.0293. The average molecular weight is 975 g/mol. The number of rotatable bonds is 12. The van der Waals surface area contributed by atoms with Crippen molar-refractivity contribution >= 4 is 56.8 Å². The third kappa shape index (κ3) is 9.24. The van der Waals surface area contributed by atoms with Crippen LogP contribution in [0.4, 0.5) is 22.7 Å². The van der Waals surface area contributed by atoms with Gasteiger partial charge in [-0.05, 0) is 156 Å². The molecule has 0 spiro atoms. The number of benzene rings is 10. The molecule has 2 heteroatoms. The van der Waals surface area contributed by atoms with Crippen LogP contribution in [0.2, 0.25) is 0 Å². The highest BCUT2D eigenvalue weighted by atomic mass is 15.2. The fourth-order valence-corrected chi connectivity index (χ4v) is 12.0. The van der Waals surface area contributed by atoms with Crippen molar-refractivity contribution in [3.63, 3.8) is 0 Å². The van der Waals surface area contributed by atoms with E-state index in [9.17, 15) is 0 Å². The Morgan fingerprint density at radius 2 is 0.882 bits per heavy atom. The molecule has 3 unspecified atom stereocenters. The third-order valence-electron chi connectivity index (χ3n) is 15.6. The topological polar surface area (TPSA) is 6.48 Å². The van der Waals surface area contributed by atoms with E-state index in [0.717, 1.165) is 19.3 Å². The molecule has 3 aliphatic rings. The normalized spacial score (nSPS) is 16.7. The third-order valence-corrected chi connectivity index (χ3v) is 15.6. The van der Waals surface area contributed by atoms with Gasteiger partial charge >= 0.3 is 0 Å². The standard InChI is InChI=1S/C74H58N2/c1-7-21-53(22-8-1)57-37-41-65(42-38-57)75(63-33-15-5-16-34-63)67-45-47-69-71(51-67)73(61-31-19-29-59(49-61)55-25-11-3-12-26-55)70-48-46-68(52-72(70)74(69)62-32-20-30-60(50-62)56-27-13-4-14-28-56)76(64-35-17-6-18-36-64)66-43-39-58(40-44-66)54-23-9-2-10-24-54/h1-43,46-48,50-52,59,66-67H,44-45,49H2. The van der Waals surface area contributed by atoms with Crippen molar-refractivity contribution < 1.29 is 0 Å². The summed E-state index contributed by atoms with van der Waals surface area (Å²) in [5, 5.41) is 5.10. The highest BCUT2D eigenvalue weighted by Crippen LogP contribution is 2.42. The molecule has 10 aromatic rings. The molecule has 0 aromatic heterocycles. The number of anilines is 4. The summed E-state index contributed by atoms with van der Waals surface area (Å²) in [7, 11) is 0. The monoisotopic (exact) mass is 974 g/mol. The summed E-state index contributed by atoms with van der Waals surface area (Å²) in [6.07, 6.45) is 22.0. The number of fused-ring (bicyclic) bond motifs is 2. The van der Waals surface area contributed by atoms with Crippen LogP contribution in [0.15, 0.2) is 285 Å². The Hall–Kier alpha value is -9.24. The summed E-state index contributed by atoms with van der Waals surface area (Å²) < 4.78 is 0. The number of hydrogen-bond donors (Lipinski definition) is 0. The summed E-state index contributed by atoms with van der Waals surface area (Å²) in [6.45, 7) is 0. The Morgan fingerprint density at radius 1 is 0.355 bits per heavy atom. The second-order valence-electron chi connectivity index (χ2n) is 20.2. The van der Waals surface area contributed by atoms with Crippen LogP contribution in [-0.4, -0.2) is 12.1 Å². The number of nitrogens with zero attached hydrogens (tertiary/aromatic N) is 2. The van der Waals surface area contributed by atoms with Gasteiger partial charge in [0, 0.05) is 28.7 Å². The lowest BCUT2D eigenvalue weighted by molar-refractivity contribution is 0.787. The molecule has 364 valence electrons. The Bertz CT molecular complexity index is 3930. The first-order valence-electron chi connectivity index (χ1n) is 26.9. The van der Waals surface area contributed by atoms with E-state index in [1.807, 2.05) is 0 Å². The van der Waals surface area contributed by atoms with Gasteiger partial charge in [0.05, 0.1) is 12.1 Å². The Labute approximate surface area is 447 Å². The molecule has 0 fully saturated rings. The van der Waals surface area contributed by atoms with E-state index in [1.165, 1.54) is 105 Å². The molecule has 0 saturated carbocycles. The minimum Gasteiger partial charge on any atom is -0.334 e. The van der Waals surface area contributed by atoms with Gasteiger partial charge in [-0.2, -0.15) is 0 Å². The van der Waals surface area contributed by atoms with E-state index in [-0.39, 0.29) is 18.0 Å². The van der Waals surface area contributed by atoms with E-state index in [2.05, 4.69) is 307 Å². The minimum absolute atomic E-state index is 0.0293. The highest BCUT2D eigenvalue weighted by molar-refractivity contribution is 6.06. The first-order chi connectivity index (χ1) is 37.7. The molecule has 2 nitrogen and oxygen atoms in total. The van der Waals surface area contributed by atoms with Crippen LogP contribution in [0.3, 0.4) is 0 Å². The van der Waals surface area contributed by atoms with E-state index >= 15 is 0 Å². The molecule has 13 rings (SSSR count). The maximum absolute atomic E-state index is 2.61. The fraction of sp³-hybridized carbons (Fsp3) is 0.0811. The first kappa shape index (κ1) is 46.5. The van der Waals surface area contributed by atoms with Crippen molar-refractivity contribution in [2.24, 2.45) is 0 Å². The molecule has 0 amide bonds. The van der Waals surface area contributed by atoms with Crippen molar-refractivity contribution in [3.8, 4) is 33.4 Å². The highest BCUT2D eigenvalue weighted by Gasteiger charge is 2.28. The van der Waals surface area contributed by atoms with Crippen LogP contribution in [0.1, 0.15) is 41.9 Å². The fourth-order valence-electron chi connectivity index (χ4n) is 12.0. The first-order valence-corrected chi connectivity index (χ1v) is 26.9. The summed E-state index contributed by atoms with van der Waals surface area (Å²) in [5.74, 6) is 0.251. The van der Waals surface area contributed by atoms with Crippen LogP contribution in [0.25, 0.3) is 67.5 Å². The van der Waals surface area contributed by atoms with Crippen molar-refractivity contribution in [1.82, 2.24) is 0 Å². The van der Waals surface area contributed by atoms with Gasteiger partial charge in [-0.1, -0.05) is 243 Å². The maximum Gasteiger partial charge on any atom is 0.0566 e. The van der Waals surface area contributed by atoms with Crippen LogP contribution in [0.5, 0.6) is 0 Å². The molecule has 3 aliphatic carbocycles. The summed E-state index contributed by atoms with van der Waals surface area (Å²) >= 11 is 0. The zero-order chi connectivity index (χ0) is 50.6. The van der Waals surface area contributed by atoms with Gasteiger partial charge < -0.3 is 9.80 Å². The zero-order valence-electron chi connectivity index (χ0n) is 42.5. The van der Waals surface area contributed by atoms with Crippen molar-refractivity contribution in [3.05, 3.63) is 312 Å². The van der Waals surface area contributed by atoms with E-state index < -0.39 is 0 Å². The van der Waals surface area contributed by atoms with E-state index in [1.54, 1.807) is 0 Å². The van der Waals surface area contributed by atoms with Crippen LogP contribution < -0.4 is 20.2 Å². The number of allylic oxidation sites excluding steroid dienone is 6. The summed E-state index contributed by atoms with van der Waals surface area (Å²) in [5.41, 5.74) is 18.5. The molecule has 3 atom stereocenters. The SMILES string of the molecule is C1=CC(c2ccccc2)CC(c2c3c(c(-c4cccc(-c5ccccc5)c4)c4cc(N(c5ccccc5)C5C=CC(c6ccccc6)=CC5)ccc24)=CCC(N(c2ccccc2)c2ccc(-c4ccccc4)cc2)C=3)=C1. The van der Waals surface area contributed by atoms with Gasteiger partial charge in [-0.15, -0.1) is 0 Å². The molecular formula is C74H58N2. The quantitative estimate of drug-likeness (QED) is 0.120. The van der Waals surface area contributed by atoms with Gasteiger partial charge in [0.15, 0.2) is 0 Å². The predicted molar refractivity (Wildman–Crippen MR) is 323 cm³/mol. The number of hydrogen-bond acceptors (Lipinski definition) is 2. The van der Waals surface area contributed by atoms with Gasteiger partial charge in [0.1, 0.15) is 0 Å². The van der Waals surface area contributed by atoms with Gasteiger partial charge in [-0.3, -0.25) is 0 Å². The largest absolute Gasteiger partial charge is 0.334 e. The van der Waals surface area contributed by atoms with Crippen LogP contribution in [0, 0.1) is 0 Å². The molecule has 0 N–H and O–H groups in total. The predicted octanol–water partition coefficient (Wildman–Crippen LogP) is 17.7. The Kier molecular flexibility index (Phi) is 12.8. The number of para-hydroxylation sites is 2.